The maximum absolute atomic E-state index is 13.4. The fraction of sp³-hybridized carbons (Fsp3) is 0.324. The molecule has 6 N–H and O–H groups in total. The quantitative estimate of drug-likeness (QED) is 0.130. The molecule has 2 aliphatic heterocycles. The van der Waals surface area contributed by atoms with E-state index >= 15 is 0 Å². The molecule has 0 aromatic heterocycles. The topological polar surface area (TPSA) is 151 Å². The first-order chi connectivity index (χ1) is 23.2. The maximum Gasteiger partial charge on any atom is 0.287 e. The van der Waals surface area contributed by atoms with Crippen molar-refractivity contribution in [3.63, 3.8) is 0 Å². The highest BCUT2D eigenvalue weighted by Crippen LogP contribution is 2.49. The van der Waals surface area contributed by atoms with Crippen LogP contribution in [0.25, 0.3) is 11.1 Å². The number of phenolic OH excluding ortho intramolecular Hbond substituents is 1. The van der Waals surface area contributed by atoms with Crippen molar-refractivity contribution in [3.8, 4) is 16.9 Å². The average molecular weight is 676 g/mol. The summed E-state index contributed by atoms with van der Waals surface area (Å²) in [4.78, 5) is 15.1. The number of hydrogen-bond acceptors (Lipinski definition) is 9. The molecule has 252 valence electrons. The Morgan fingerprint density at radius 3 is 2.21 bits per heavy atom. The zero-order chi connectivity index (χ0) is 33.9. The zero-order valence-corrected chi connectivity index (χ0v) is 26.7. The molecule has 0 radical (unpaired) electrons. The summed E-state index contributed by atoms with van der Waals surface area (Å²) in [6.45, 7) is -0.517. The SMILES string of the molecule is O=C1SC(CCCC(O)c2ccc(F)cc2)C(c2ccc(-c3ccc(C4OC(CO)C(O)C(O)C4O)cc3)cc2O)N1c1ccccc1. The first-order valence-electron chi connectivity index (χ1n) is 15.9. The predicted octanol–water partition coefficient (Wildman–Crippen LogP) is 5.40. The van der Waals surface area contributed by atoms with Gasteiger partial charge in [-0.2, -0.15) is 0 Å². The molecule has 2 fully saturated rings. The van der Waals surface area contributed by atoms with Crippen LogP contribution in [0.5, 0.6) is 5.75 Å². The number of benzene rings is 4. The minimum Gasteiger partial charge on any atom is -0.508 e. The van der Waals surface area contributed by atoms with E-state index in [9.17, 15) is 39.8 Å². The molecule has 2 heterocycles. The number of amides is 1. The van der Waals surface area contributed by atoms with Crippen LogP contribution in [-0.4, -0.2) is 72.2 Å². The van der Waals surface area contributed by atoms with E-state index in [1.807, 2.05) is 42.5 Å². The second-order valence-electron chi connectivity index (χ2n) is 12.2. The zero-order valence-electron chi connectivity index (χ0n) is 25.9. The van der Waals surface area contributed by atoms with E-state index in [1.165, 1.54) is 23.9 Å². The smallest absolute Gasteiger partial charge is 0.287 e. The van der Waals surface area contributed by atoms with Crippen LogP contribution in [0, 0.1) is 5.82 Å². The fourth-order valence-corrected chi connectivity index (χ4v) is 7.79. The number of hydrogen-bond donors (Lipinski definition) is 6. The van der Waals surface area contributed by atoms with Gasteiger partial charge in [-0.15, -0.1) is 0 Å². The van der Waals surface area contributed by atoms with Gasteiger partial charge in [-0.1, -0.05) is 78.5 Å². The van der Waals surface area contributed by atoms with Crippen LogP contribution in [0.4, 0.5) is 14.9 Å². The Bertz CT molecular complexity index is 1690. The molecule has 0 bridgehead atoms. The number of carbonyl (C=O) groups excluding carboxylic acids is 1. The molecule has 11 heteroatoms. The van der Waals surface area contributed by atoms with Crippen molar-refractivity contribution in [3.05, 3.63) is 120 Å². The average Bonchev–Trinajstić information content (AvgIpc) is 3.43. The molecule has 8 unspecified atom stereocenters. The van der Waals surface area contributed by atoms with Gasteiger partial charge in [0.25, 0.3) is 5.24 Å². The number of phenols is 1. The molecule has 48 heavy (non-hydrogen) atoms. The largest absolute Gasteiger partial charge is 0.508 e. The first-order valence-corrected chi connectivity index (χ1v) is 16.8. The Labute approximate surface area is 281 Å². The molecule has 6 rings (SSSR count). The molecule has 2 aliphatic rings. The molecular weight excluding hydrogens is 637 g/mol. The van der Waals surface area contributed by atoms with Gasteiger partial charge in [0.05, 0.1) is 18.8 Å². The summed E-state index contributed by atoms with van der Waals surface area (Å²) < 4.78 is 19.0. The molecule has 2 saturated heterocycles. The Kier molecular flexibility index (Phi) is 10.5. The summed E-state index contributed by atoms with van der Waals surface area (Å²) in [7, 11) is 0. The lowest BCUT2D eigenvalue weighted by Crippen LogP contribution is -2.55. The van der Waals surface area contributed by atoms with Crippen molar-refractivity contribution >= 4 is 22.7 Å². The molecule has 1 amide bonds. The third kappa shape index (κ3) is 6.99. The molecule has 4 aromatic rings. The maximum atomic E-state index is 13.4. The number of carbonyl (C=O) groups is 1. The first kappa shape index (κ1) is 34.1. The number of para-hydroxylation sites is 1. The minimum absolute atomic E-state index is 0.0167. The number of thioether (sulfide) groups is 1. The molecule has 8 atom stereocenters. The van der Waals surface area contributed by atoms with Crippen LogP contribution in [0.2, 0.25) is 0 Å². The molecule has 0 spiro atoms. The number of ether oxygens (including phenoxy) is 1. The Balaban J connectivity index is 1.22. The molecular formula is C37H38FNO8S. The van der Waals surface area contributed by atoms with E-state index in [0.717, 1.165) is 5.56 Å². The van der Waals surface area contributed by atoms with Gasteiger partial charge < -0.3 is 35.4 Å². The van der Waals surface area contributed by atoms with Gasteiger partial charge >= 0.3 is 0 Å². The van der Waals surface area contributed by atoms with Gasteiger partial charge in [0.2, 0.25) is 0 Å². The van der Waals surface area contributed by atoms with Crippen LogP contribution in [-0.2, 0) is 4.74 Å². The van der Waals surface area contributed by atoms with E-state index in [4.69, 9.17) is 4.74 Å². The summed E-state index contributed by atoms with van der Waals surface area (Å²) in [5.41, 5.74) is 3.93. The number of nitrogens with zero attached hydrogens (tertiary/aromatic N) is 1. The summed E-state index contributed by atoms with van der Waals surface area (Å²) in [5.74, 6) is -0.352. The molecule has 4 aromatic carbocycles. The normalized spacial score (nSPS) is 26.5. The van der Waals surface area contributed by atoms with Crippen LogP contribution in [0.3, 0.4) is 0 Å². The summed E-state index contributed by atoms with van der Waals surface area (Å²) in [6, 6.07) is 26.9. The van der Waals surface area contributed by atoms with Crippen molar-refractivity contribution < 1.29 is 44.6 Å². The highest BCUT2D eigenvalue weighted by molar-refractivity contribution is 8.14. The summed E-state index contributed by atoms with van der Waals surface area (Å²) >= 11 is 1.21. The van der Waals surface area contributed by atoms with Crippen molar-refractivity contribution in [2.45, 2.75) is 67.2 Å². The van der Waals surface area contributed by atoms with Crippen molar-refractivity contribution in [1.29, 1.82) is 0 Å². The van der Waals surface area contributed by atoms with Gasteiger partial charge in [-0.25, -0.2) is 4.39 Å². The highest BCUT2D eigenvalue weighted by Gasteiger charge is 2.45. The van der Waals surface area contributed by atoms with Crippen molar-refractivity contribution in [2.24, 2.45) is 0 Å². The van der Waals surface area contributed by atoms with E-state index < -0.39 is 49.3 Å². The second kappa shape index (κ2) is 14.8. The summed E-state index contributed by atoms with van der Waals surface area (Å²) in [5, 5.41) is 62.1. The second-order valence-corrected chi connectivity index (χ2v) is 13.4. The van der Waals surface area contributed by atoms with E-state index in [-0.39, 0.29) is 22.1 Å². The van der Waals surface area contributed by atoms with Gasteiger partial charge in [-0.05, 0) is 71.8 Å². The molecule has 0 saturated carbocycles. The monoisotopic (exact) mass is 675 g/mol. The number of rotatable bonds is 10. The van der Waals surface area contributed by atoms with E-state index in [0.29, 0.717) is 47.2 Å². The number of aliphatic hydroxyl groups is 5. The third-order valence-electron chi connectivity index (χ3n) is 9.15. The van der Waals surface area contributed by atoms with Gasteiger partial charge in [0.1, 0.15) is 42.1 Å². The number of aliphatic hydroxyl groups excluding tert-OH is 5. The van der Waals surface area contributed by atoms with Crippen molar-refractivity contribution in [1.82, 2.24) is 0 Å². The van der Waals surface area contributed by atoms with Crippen LogP contribution < -0.4 is 4.90 Å². The molecule has 0 aliphatic carbocycles. The number of halogens is 1. The van der Waals surface area contributed by atoms with Gasteiger partial charge in [0, 0.05) is 16.5 Å². The van der Waals surface area contributed by atoms with E-state index in [1.54, 1.807) is 47.4 Å². The van der Waals surface area contributed by atoms with Gasteiger partial charge in [-0.3, -0.25) is 9.69 Å². The van der Waals surface area contributed by atoms with E-state index in [2.05, 4.69) is 0 Å². The van der Waals surface area contributed by atoms with Crippen LogP contribution in [0.15, 0.2) is 97.1 Å². The Hall–Kier alpha value is -3.81. The molecule has 9 nitrogen and oxygen atoms in total. The summed E-state index contributed by atoms with van der Waals surface area (Å²) in [6.07, 6.45) is -5.44. The Morgan fingerprint density at radius 2 is 1.54 bits per heavy atom. The lowest BCUT2D eigenvalue weighted by Gasteiger charge is -2.40. The van der Waals surface area contributed by atoms with Crippen LogP contribution in [0.1, 0.15) is 54.2 Å². The number of aromatic hydroxyl groups is 1. The Morgan fingerprint density at radius 1 is 0.854 bits per heavy atom. The van der Waals surface area contributed by atoms with Gasteiger partial charge in [0.15, 0.2) is 0 Å². The standard InChI is InChI=1S/C37H38FNO8S/c38-25-16-13-22(14-17-25)28(41)7-4-8-31-32(39(37(46)48-31)26-5-2-1-3-6-26)27-18-15-24(19-29(27)42)21-9-11-23(12-10-21)36-35(45)34(44)33(43)30(20-40)47-36/h1-3,5-6,9-19,28,30-36,40-45H,4,7-8,20H2. The third-order valence-corrected chi connectivity index (χ3v) is 10.3. The predicted molar refractivity (Wildman–Crippen MR) is 180 cm³/mol. The van der Waals surface area contributed by atoms with Crippen molar-refractivity contribution in [2.75, 3.05) is 11.5 Å². The fourth-order valence-electron chi connectivity index (χ4n) is 6.52. The lowest BCUT2D eigenvalue weighted by atomic mass is 9.90. The lowest BCUT2D eigenvalue weighted by molar-refractivity contribution is -0.231. The highest BCUT2D eigenvalue weighted by atomic mass is 32.2. The van der Waals surface area contributed by atoms with Crippen LogP contribution >= 0.6 is 11.8 Å². The minimum atomic E-state index is -1.48. The number of anilines is 1.